The van der Waals surface area contributed by atoms with E-state index in [1.165, 1.54) is 0 Å². The number of hydrogen-bond acceptors (Lipinski definition) is 15. The zero-order valence-electron chi connectivity index (χ0n) is 15.7. The van der Waals surface area contributed by atoms with Crippen LogP contribution in [0.5, 0.6) is 0 Å². The van der Waals surface area contributed by atoms with Gasteiger partial charge in [-0.1, -0.05) is 0 Å². The third-order valence-corrected chi connectivity index (χ3v) is 4.33. The second-order valence-corrected chi connectivity index (χ2v) is 6.38. The van der Waals surface area contributed by atoms with Crippen LogP contribution in [0.4, 0.5) is 9.59 Å². The third kappa shape index (κ3) is 5.89. The Morgan fingerprint density at radius 3 is 2.13 bits per heavy atom. The van der Waals surface area contributed by atoms with Crippen LogP contribution in [-0.2, 0) is 23.7 Å². The summed E-state index contributed by atoms with van der Waals surface area (Å²) in [6, 6.07) is 0. The van der Waals surface area contributed by atoms with Gasteiger partial charge in [-0.05, 0) is 0 Å². The van der Waals surface area contributed by atoms with E-state index >= 15 is 0 Å². The zero-order chi connectivity index (χ0) is 23.3. The molecule has 0 aromatic rings. The summed E-state index contributed by atoms with van der Waals surface area (Å²) in [6.45, 7) is -0.615. The smallest absolute Gasteiger partial charge is 0.426 e. The maximum Gasteiger partial charge on any atom is 0.426 e. The minimum Gasteiger partial charge on any atom is -0.460 e. The zero-order valence-corrected chi connectivity index (χ0v) is 15.7. The van der Waals surface area contributed by atoms with Gasteiger partial charge >= 0.3 is 12.2 Å². The Morgan fingerprint density at radius 1 is 0.903 bits per heavy atom. The predicted molar refractivity (Wildman–Crippen MR) is 91.2 cm³/mol. The number of nitrogens with two attached hydrogens (primary N) is 2. The molecule has 0 radical (unpaired) electrons. The first-order valence-corrected chi connectivity index (χ1v) is 8.67. The van der Waals surface area contributed by atoms with E-state index in [-0.39, 0.29) is 0 Å². The number of ether oxygens (including phenoxy) is 5. The maximum atomic E-state index is 11.1. The second kappa shape index (κ2) is 10.8. The average Bonchev–Trinajstić information content (AvgIpc) is 2.77. The topological polar surface area (TPSA) is 278 Å². The molecule has 0 aromatic carbocycles. The van der Waals surface area contributed by atoms with E-state index in [0.717, 1.165) is 0 Å². The molecule has 12 N–H and O–H groups in total. The molecule has 17 heteroatoms. The van der Waals surface area contributed by atoms with Crippen molar-refractivity contribution in [1.82, 2.24) is 10.9 Å². The van der Waals surface area contributed by atoms with Crippen molar-refractivity contribution in [3.63, 3.8) is 0 Å². The quantitative estimate of drug-likeness (QED) is 0.0798. The van der Waals surface area contributed by atoms with Gasteiger partial charge in [0.05, 0.1) is 0 Å². The van der Waals surface area contributed by atoms with Crippen LogP contribution in [0, 0.1) is 0 Å². The summed E-state index contributed by atoms with van der Waals surface area (Å²) in [5.41, 5.74) is 3.28. The number of rotatable bonds is 5. The Balaban J connectivity index is 2.11. The number of carbonyl (C=O) groups is 2. The lowest BCUT2D eigenvalue weighted by molar-refractivity contribution is -0.356. The van der Waals surface area contributed by atoms with Gasteiger partial charge in [0, 0.05) is 0 Å². The predicted octanol–water partition coefficient (Wildman–Crippen LogP) is -5.71. The first kappa shape index (κ1) is 24.9. The minimum absolute atomic E-state index is 0.559. The fourth-order valence-electron chi connectivity index (χ4n) is 2.64. The summed E-state index contributed by atoms with van der Waals surface area (Å²) in [7, 11) is 0. The molecule has 2 aliphatic heterocycles. The van der Waals surface area contributed by atoms with Gasteiger partial charge in [-0.15, -0.1) is 0 Å². The van der Waals surface area contributed by atoms with Gasteiger partial charge in [0.2, 0.25) is 6.29 Å². The van der Waals surface area contributed by atoms with Crippen LogP contribution in [0.1, 0.15) is 0 Å². The average molecular weight is 456 g/mol. The van der Waals surface area contributed by atoms with Gasteiger partial charge in [0.25, 0.3) is 0 Å². The molecule has 0 spiro atoms. The number of aliphatic hydroxyl groups excluding tert-OH is 6. The fourth-order valence-corrected chi connectivity index (χ4v) is 2.64. The van der Waals surface area contributed by atoms with E-state index in [1.807, 2.05) is 0 Å². The molecule has 0 bridgehead atoms. The van der Waals surface area contributed by atoms with Crippen molar-refractivity contribution in [2.45, 2.75) is 55.3 Å². The first-order valence-electron chi connectivity index (χ1n) is 8.67. The second-order valence-electron chi connectivity index (χ2n) is 6.38. The van der Waals surface area contributed by atoms with Crippen LogP contribution < -0.4 is 22.5 Å². The molecule has 31 heavy (non-hydrogen) atoms. The SMILES string of the molecule is NNC(=O)O/C=C1\O[C@H](O[C@H]2OC(COC(=O)NN)[C@@H](O)C(O)C2O)C(O)C(O)[C@@H]1O. The highest BCUT2D eigenvalue weighted by atomic mass is 16.8. The molecule has 0 saturated carbocycles. The normalized spacial score (nSPS) is 39.4. The van der Waals surface area contributed by atoms with Crippen molar-refractivity contribution in [1.29, 1.82) is 0 Å². The molecule has 0 aliphatic carbocycles. The molecule has 2 amide bonds. The van der Waals surface area contributed by atoms with Gasteiger partial charge < -0.3 is 54.3 Å². The molecule has 17 nitrogen and oxygen atoms in total. The van der Waals surface area contributed by atoms with E-state index < -0.39 is 79.9 Å². The number of hydrogen-bond donors (Lipinski definition) is 10. The van der Waals surface area contributed by atoms with Crippen molar-refractivity contribution in [3.05, 3.63) is 12.0 Å². The minimum atomic E-state index is -1.90. The first-order chi connectivity index (χ1) is 14.6. The number of carbonyl (C=O) groups excluding carboxylic acids is 2. The lowest BCUT2D eigenvalue weighted by atomic mass is 9.99. The van der Waals surface area contributed by atoms with Gasteiger partial charge in [-0.2, -0.15) is 0 Å². The monoisotopic (exact) mass is 456 g/mol. The molecule has 9 atom stereocenters. The van der Waals surface area contributed by atoms with Crippen molar-refractivity contribution in [3.8, 4) is 0 Å². The lowest BCUT2D eigenvalue weighted by Gasteiger charge is -2.43. The highest BCUT2D eigenvalue weighted by Gasteiger charge is 2.49. The van der Waals surface area contributed by atoms with Crippen LogP contribution in [0.2, 0.25) is 0 Å². The number of hydrazine groups is 2. The molecule has 2 heterocycles. The van der Waals surface area contributed by atoms with Crippen molar-refractivity contribution in [2.24, 2.45) is 11.7 Å². The third-order valence-electron chi connectivity index (χ3n) is 4.33. The summed E-state index contributed by atoms with van der Waals surface area (Å²) < 4.78 is 24.7. The molecule has 2 saturated heterocycles. The number of aliphatic hydroxyl groups is 6. The van der Waals surface area contributed by atoms with Crippen LogP contribution in [-0.4, -0.2) is 105 Å². The summed E-state index contributed by atoms with van der Waals surface area (Å²) in [6.07, 6.45) is -17.7. The summed E-state index contributed by atoms with van der Waals surface area (Å²) >= 11 is 0. The molecule has 178 valence electrons. The van der Waals surface area contributed by atoms with Crippen LogP contribution in [0.15, 0.2) is 12.0 Å². The standard InChI is InChI=1S/C14H24N4O13/c15-17-13(25)27-1-3-5(19)7(21)9(23)11(29-3)31-12-10(24)8(22)6(20)4(30-12)2-28-14(26)18-16/h1,4-12,19-24H,2,15-16H2,(H,17,25)(H,18,26)/b3-1-/t4?,5-,6-,7?,8?,9?,10?,11-,12-/m1/s1. The van der Waals surface area contributed by atoms with Crippen molar-refractivity contribution < 1.29 is 63.9 Å². The van der Waals surface area contributed by atoms with Crippen LogP contribution in [0.3, 0.4) is 0 Å². The fraction of sp³-hybridized carbons (Fsp3) is 0.714. The molecule has 2 fully saturated rings. The Kier molecular flexibility index (Phi) is 8.70. The molecule has 0 aromatic heterocycles. The number of amides is 2. The highest BCUT2D eigenvalue weighted by molar-refractivity contribution is 5.67. The molecule has 5 unspecified atom stereocenters. The lowest BCUT2D eigenvalue weighted by Crippen LogP contribution is -2.62. The Bertz CT molecular complexity index is 666. The maximum absolute atomic E-state index is 11.1. The van der Waals surface area contributed by atoms with E-state index in [1.54, 1.807) is 10.9 Å². The van der Waals surface area contributed by atoms with Crippen molar-refractivity contribution in [2.75, 3.05) is 6.61 Å². The van der Waals surface area contributed by atoms with E-state index in [9.17, 15) is 40.2 Å². The Hall–Kier alpha value is -2.32. The van der Waals surface area contributed by atoms with Gasteiger partial charge in [-0.3, -0.25) is 10.9 Å². The van der Waals surface area contributed by atoms with E-state index in [0.29, 0.717) is 6.26 Å². The molecule has 2 aliphatic rings. The Labute approximate surface area is 173 Å². The number of nitrogens with one attached hydrogen (secondary N) is 2. The highest BCUT2D eigenvalue weighted by Crippen LogP contribution is 2.29. The van der Waals surface area contributed by atoms with Gasteiger partial charge in [-0.25, -0.2) is 21.3 Å². The van der Waals surface area contributed by atoms with Crippen molar-refractivity contribution >= 4 is 12.2 Å². The van der Waals surface area contributed by atoms with Crippen LogP contribution in [0.25, 0.3) is 0 Å². The molecule has 2 rings (SSSR count). The van der Waals surface area contributed by atoms with E-state index in [4.69, 9.17) is 25.9 Å². The van der Waals surface area contributed by atoms with Crippen LogP contribution >= 0.6 is 0 Å². The molecular formula is C14H24N4O13. The summed E-state index contributed by atoms with van der Waals surface area (Å²) in [4.78, 5) is 22.1. The Morgan fingerprint density at radius 2 is 1.52 bits per heavy atom. The summed E-state index contributed by atoms with van der Waals surface area (Å²) in [5.74, 6) is 9.12. The largest absolute Gasteiger partial charge is 0.460 e. The van der Waals surface area contributed by atoms with E-state index in [2.05, 4.69) is 9.47 Å². The van der Waals surface area contributed by atoms with Gasteiger partial charge in [0.15, 0.2) is 12.0 Å². The van der Waals surface area contributed by atoms with Gasteiger partial charge in [0.1, 0.15) is 55.6 Å². The summed E-state index contributed by atoms with van der Waals surface area (Å²) in [5, 5.41) is 60.1. The molecular weight excluding hydrogens is 432 g/mol.